The number of nitrogens with zero attached hydrogens (tertiary/aromatic N) is 3. The number of carbonyl (C=O) groups is 3. The Balaban J connectivity index is 1.76. The van der Waals surface area contributed by atoms with Gasteiger partial charge in [0.25, 0.3) is 5.69 Å². The van der Waals surface area contributed by atoms with Crippen molar-refractivity contribution in [2.45, 2.75) is 12.1 Å². The zero-order valence-corrected chi connectivity index (χ0v) is 12.7. The van der Waals surface area contributed by atoms with Crippen LogP contribution in [0.1, 0.15) is 10.4 Å². The highest BCUT2D eigenvalue weighted by atomic mass is 16.6. The molecular formula is C16H12N4O5. The van der Waals surface area contributed by atoms with Crippen molar-refractivity contribution >= 4 is 29.5 Å². The number of carbonyl (C=O) groups excluding carboxylic acids is 3. The first-order valence-electron chi connectivity index (χ1n) is 7.61. The number of Topliss-reactive ketones (excluding diaryl/α,β-unsaturated/α-hetero) is 1. The molecule has 1 aromatic carbocycles. The summed E-state index contributed by atoms with van der Waals surface area (Å²) >= 11 is 0. The van der Waals surface area contributed by atoms with Gasteiger partial charge in [-0.25, -0.2) is 0 Å². The maximum Gasteiger partial charge on any atom is 0.270 e. The molecule has 9 heteroatoms. The number of nitro groups is 1. The van der Waals surface area contributed by atoms with Crippen LogP contribution in [0.5, 0.6) is 0 Å². The molecule has 0 saturated carbocycles. The quantitative estimate of drug-likeness (QED) is 0.365. The van der Waals surface area contributed by atoms with Crippen LogP contribution in [0.4, 0.5) is 5.69 Å². The van der Waals surface area contributed by atoms with Gasteiger partial charge in [-0.3, -0.25) is 34.8 Å². The molecule has 4 atom stereocenters. The summed E-state index contributed by atoms with van der Waals surface area (Å²) in [6.07, 6.45) is 4.87. The fourth-order valence-corrected chi connectivity index (χ4v) is 3.70. The van der Waals surface area contributed by atoms with Crippen molar-refractivity contribution in [3.63, 3.8) is 0 Å². The number of hydrogen-bond donors (Lipinski definition) is 1. The van der Waals surface area contributed by atoms with E-state index in [1.165, 1.54) is 35.5 Å². The number of hydrazone groups is 1. The Morgan fingerprint density at radius 3 is 2.76 bits per heavy atom. The van der Waals surface area contributed by atoms with E-state index < -0.39 is 46.4 Å². The van der Waals surface area contributed by atoms with Crippen molar-refractivity contribution in [1.29, 1.82) is 0 Å². The van der Waals surface area contributed by atoms with Crippen molar-refractivity contribution in [1.82, 2.24) is 10.3 Å². The van der Waals surface area contributed by atoms with Gasteiger partial charge in [-0.15, -0.1) is 0 Å². The molecule has 3 aliphatic rings. The second-order valence-electron chi connectivity index (χ2n) is 6.04. The Kier molecular flexibility index (Phi) is 3.24. The fraction of sp³-hybridized carbons (Fsp3) is 0.250. The minimum absolute atomic E-state index is 0.107. The standard InChI is InChI=1S/C16H12N4O5/c21-14(8-3-1-4-9(7-8)20(24)25)13-12-11(15(22)18-16(12)23)10-5-2-6-17-19(10)13/h1-7,10-13H,(H,18,22,23)/t10-,11-,12-,13+/m1/s1. The van der Waals surface area contributed by atoms with Crippen molar-refractivity contribution in [2.24, 2.45) is 16.9 Å². The first-order chi connectivity index (χ1) is 12.0. The summed E-state index contributed by atoms with van der Waals surface area (Å²) < 4.78 is 0. The predicted octanol–water partition coefficient (Wildman–Crippen LogP) is 0.275. The molecule has 1 N–H and O–H groups in total. The lowest BCUT2D eigenvalue weighted by Gasteiger charge is -2.28. The minimum Gasteiger partial charge on any atom is -0.296 e. The summed E-state index contributed by atoms with van der Waals surface area (Å²) in [7, 11) is 0. The van der Waals surface area contributed by atoms with E-state index >= 15 is 0 Å². The van der Waals surface area contributed by atoms with E-state index in [9.17, 15) is 24.5 Å². The third-order valence-corrected chi connectivity index (χ3v) is 4.74. The zero-order chi connectivity index (χ0) is 17.7. The van der Waals surface area contributed by atoms with Gasteiger partial charge in [0, 0.05) is 23.9 Å². The average molecular weight is 340 g/mol. The molecule has 25 heavy (non-hydrogen) atoms. The average Bonchev–Trinajstić information content (AvgIpc) is 3.10. The molecule has 0 spiro atoms. The van der Waals surface area contributed by atoms with Crippen LogP contribution in [0.25, 0.3) is 0 Å². The SMILES string of the molecule is O=C1NC(=O)[C@H]2[C@@H]1[C@@H](C(=O)c1cccc([N+](=O)[O-])c1)N1N=CC=C[C@H]21. The Bertz CT molecular complexity index is 877. The second kappa shape index (κ2) is 5.33. The van der Waals surface area contributed by atoms with Gasteiger partial charge in [0.2, 0.25) is 11.8 Å². The number of non-ortho nitro benzene ring substituents is 1. The lowest BCUT2D eigenvalue weighted by atomic mass is 9.86. The Morgan fingerprint density at radius 1 is 1.24 bits per heavy atom. The molecule has 4 rings (SSSR count). The molecular weight excluding hydrogens is 328 g/mol. The predicted molar refractivity (Wildman–Crippen MR) is 84.6 cm³/mol. The third-order valence-electron chi connectivity index (χ3n) is 4.74. The number of nitrogens with one attached hydrogen (secondary N) is 1. The van der Waals surface area contributed by atoms with Gasteiger partial charge in [-0.2, -0.15) is 5.10 Å². The van der Waals surface area contributed by atoms with E-state index in [4.69, 9.17) is 0 Å². The molecule has 3 heterocycles. The maximum absolute atomic E-state index is 13.0. The largest absolute Gasteiger partial charge is 0.296 e. The van der Waals surface area contributed by atoms with Gasteiger partial charge < -0.3 is 0 Å². The topological polar surface area (TPSA) is 122 Å². The molecule has 126 valence electrons. The van der Waals surface area contributed by atoms with Gasteiger partial charge in [0.15, 0.2) is 5.78 Å². The number of imide groups is 1. The van der Waals surface area contributed by atoms with E-state index in [1.54, 1.807) is 12.2 Å². The summed E-state index contributed by atoms with van der Waals surface area (Å²) in [5, 5.41) is 18.8. The normalized spacial score (nSPS) is 29.4. The molecule has 2 saturated heterocycles. The highest BCUT2D eigenvalue weighted by Crippen LogP contribution is 2.42. The maximum atomic E-state index is 13.0. The van der Waals surface area contributed by atoms with Crippen molar-refractivity contribution in [2.75, 3.05) is 0 Å². The molecule has 0 bridgehead atoms. The van der Waals surface area contributed by atoms with Crippen molar-refractivity contribution in [3.05, 3.63) is 52.1 Å². The summed E-state index contributed by atoms with van der Waals surface area (Å²) in [5.41, 5.74) is -0.110. The van der Waals surface area contributed by atoms with Crippen LogP contribution in [0.3, 0.4) is 0 Å². The lowest BCUT2D eigenvalue weighted by molar-refractivity contribution is -0.384. The molecule has 0 unspecified atom stereocenters. The molecule has 9 nitrogen and oxygen atoms in total. The second-order valence-corrected chi connectivity index (χ2v) is 6.04. The molecule has 0 aromatic heterocycles. The monoisotopic (exact) mass is 340 g/mol. The van der Waals surface area contributed by atoms with Crippen LogP contribution in [-0.4, -0.2) is 45.8 Å². The first kappa shape index (κ1) is 15.2. The summed E-state index contributed by atoms with van der Waals surface area (Å²) in [4.78, 5) is 47.7. The number of ketones is 1. The van der Waals surface area contributed by atoms with Gasteiger partial charge in [0.05, 0.1) is 22.8 Å². The minimum atomic E-state index is -0.982. The van der Waals surface area contributed by atoms with Crippen LogP contribution >= 0.6 is 0 Å². The molecule has 2 amide bonds. The number of fused-ring (bicyclic) bond motifs is 3. The zero-order valence-electron chi connectivity index (χ0n) is 12.7. The highest BCUT2D eigenvalue weighted by Gasteiger charge is 2.61. The number of benzene rings is 1. The van der Waals surface area contributed by atoms with Crippen LogP contribution in [-0.2, 0) is 9.59 Å². The number of amides is 2. The van der Waals surface area contributed by atoms with Crippen LogP contribution in [0.15, 0.2) is 41.5 Å². The van der Waals surface area contributed by atoms with Crippen molar-refractivity contribution in [3.8, 4) is 0 Å². The number of allylic oxidation sites excluding steroid dienone is 1. The van der Waals surface area contributed by atoms with E-state index in [1.807, 2.05) is 0 Å². The first-order valence-corrected chi connectivity index (χ1v) is 7.61. The molecule has 0 radical (unpaired) electrons. The van der Waals surface area contributed by atoms with Gasteiger partial charge in [-0.05, 0) is 6.08 Å². The van der Waals surface area contributed by atoms with Crippen LogP contribution < -0.4 is 5.32 Å². The van der Waals surface area contributed by atoms with Crippen LogP contribution in [0, 0.1) is 22.0 Å². The summed E-state index contributed by atoms with van der Waals surface area (Å²) in [6.45, 7) is 0. The smallest absolute Gasteiger partial charge is 0.270 e. The number of hydrogen-bond acceptors (Lipinski definition) is 7. The van der Waals surface area contributed by atoms with Gasteiger partial charge in [0.1, 0.15) is 6.04 Å². The Labute approximate surface area is 141 Å². The number of nitro benzene ring substituents is 1. The van der Waals surface area contributed by atoms with E-state index in [2.05, 4.69) is 10.4 Å². The Morgan fingerprint density at radius 2 is 2.00 bits per heavy atom. The fourth-order valence-electron chi connectivity index (χ4n) is 3.70. The van der Waals surface area contributed by atoms with E-state index in [0.29, 0.717) is 0 Å². The highest BCUT2D eigenvalue weighted by molar-refractivity contribution is 6.12. The summed E-state index contributed by atoms with van der Waals surface area (Å²) in [5.74, 6) is -2.99. The Hall–Kier alpha value is -3.36. The van der Waals surface area contributed by atoms with Gasteiger partial charge >= 0.3 is 0 Å². The third kappa shape index (κ3) is 2.16. The molecule has 0 aliphatic carbocycles. The molecule has 1 aromatic rings. The van der Waals surface area contributed by atoms with Crippen molar-refractivity contribution < 1.29 is 19.3 Å². The number of rotatable bonds is 3. The summed E-state index contributed by atoms with van der Waals surface area (Å²) in [6, 6.07) is 3.84. The van der Waals surface area contributed by atoms with Crippen LogP contribution in [0.2, 0.25) is 0 Å². The van der Waals surface area contributed by atoms with E-state index in [-0.39, 0.29) is 11.3 Å². The molecule has 2 fully saturated rings. The molecule has 3 aliphatic heterocycles. The van der Waals surface area contributed by atoms with Gasteiger partial charge in [-0.1, -0.05) is 18.2 Å². The lowest BCUT2D eigenvalue weighted by Crippen LogP contribution is -2.44. The van der Waals surface area contributed by atoms with E-state index in [0.717, 1.165) is 0 Å².